The van der Waals surface area contributed by atoms with E-state index in [2.05, 4.69) is 13.0 Å². The molecule has 0 amide bonds. The molecule has 3 fully saturated rings. The molecule has 1 aromatic rings. The lowest BCUT2D eigenvalue weighted by atomic mass is 9.45. The molecule has 25 heavy (non-hydrogen) atoms. The first-order valence-corrected chi connectivity index (χ1v) is 9.11. The van der Waals surface area contributed by atoms with Crippen LogP contribution in [0.25, 0.3) is 0 Å². The number of ether oxygens (including phenoxy) is 2. The standard InChI is InChI=1S/C20H22O5/c1-11-3-5-19-12(2)7-14(24-17(19)21)8-16(19)20(11)9-15(25-18(20)22)13-4-6-23-10-13/h4,6-7,10-11,14-16H,3,5,8-9H2,1-2H3/t11-,14+,15-,16+,19-,20-/m0/s1. The summed E-state index contributed by atoms with van der Waals surface area (Å²) in [6, 6.07) is 1.85. The van der Waals surface area contributed by atoms with Crippen molar-refractivity contribution in [1.82, 2.24) is 0 Å². The van der Waals surface area contributed by atoms with Crippen LogP contribution in [0, 0.1) is 22.7 Å². The molecule has 2 spiro atoms. The molecule has 1 aromatic heterocycles. The number of hydrogen-bond donors (Lipinski definition) is 0. The van der Waals surface area contributed by atoms with Gasteiger partial charge >= 0.3 is 11.9 Å². The minimum Gasteiger partial charge on any atom is -0.472 e. The van der Waals surface area contributed by atoms with Gasteiger partial charge in [-0.2, -0.15) is 0 Å². The summed E-state index contributed by atoms with van der Waals surface area (Å²) in [6.45, 7) is 4.16. The van der Waals surface area contributed by atoms with Gasteiger partial charge in [-0.1, -0.05) is 12.5 Å². The van der Waals surface area contributed by atoms with Crippen molar-refractivity contribution in [3.05, 3.63) is 35.8 Å². The predicted molar refractivity (Wildman–Crippen MR) is 87.2 cm³/mol. The first kappa shape index (κ1) is 15.2. The Morgan fingerprint density at radius 1 is 1.20 bits per heavy atom. The second-order valence-electron chi connectivity index (χ2n) is 8.19. The van der Waals surface area contributed by atoms with Crippen molar-refractivity contribution in [2.24, 2.45) is 22.7 Å². The van der Waals surface area contributed by atoms with Crippen LogP contribution in [0.2, 0.25) is 0 Å². The highest BCUT2D eigenvalue weighted by atomic mass is 16.6. The van der Waals surface area contributed by atoms with Crippen molar-refractivity contribution in [2.75, 3.05) is 0 Å². The van der Waals surface area contributed by atoms with Crippen molar-refractivity contribution >= 4 is 11.9 Å². The molecule has 3 aliphatic heterocycles. The fourth-order valence-electron chi connectivity index (χ4n) is 6.00. The molecule has 2 saturated heterocycles. The van der Waals surface area contributed by atoms with E-state index in [0.29, 0.717) is 6.42 Å². The first-order chi connectivity index (χ1) is 12.0. The van der Waals surface area contributed by atoms with E-state index in [4.69, 9.17) is 13.9 Å². The SMILES string of the molecule is CC1=C[C@@H]2C[C@@H]3[C@@]1(CC[C@H](C)[C@@]31C[C@@H](c3ccoc3)OC1=O)C(=O)O2. The lowest BCUT2D eigenvalue weighted by Gasteiger charge is -2.59. The summed E-state index contributed by atoms with van der Waals surface area (Å²) < 4.78 is 16.6. The quantitative estimate of drug-likeness (QED) is 0.577. The highest BCUT2D eigenvalue weighted by Crippen LogP contribution is 2.67. The zero-order valence-electron chi connectivity index (χ0n) is 14.5. The van der Waals surface area contributed by atoms with Crippen LogP contribution >= 0.6 is 0 Å². The van der Waals surface area contributed by atoms with E-state index < -0.39 is 10.8 Å². The summed E-state index contributed by atoms with van der Waals surface area (Å²) in [7, 11) is 0. The smallest absolute Gasteiger partial charge is 0.317 e. The van der Waals surface area contributed by atoms with Gasteiger partial charge in [0.15, 0.2) is 0 Å². The van der Waals surface area contributed by atoms with Crippen molar-refractivity contribution in [1.29, 1.82) is 0 Å². The van der Waals surface area contributed by atoms with E-state index >= 15 is 0 Å². The number of rotatable bonds is 1. The Bertz CT molecular complexity index is 778. The summed E-state index contributed by atoms with van der Waals surface area (Å²) in [5.74, 6) is -0.139. The summed E-state index contributed by atoms with van der Waals surface area (Å²) in [4.78, 5) is 26.0. The second-order valence-corrected chi connectivity index (χ2v) is 8.19. The minimum absolute atomic E-state index is 0.0376. The average molecular weight is 342 g/mol. The van der Waals surface area contributed by atoms with Gasteiger partial charge in [0.25, 0.3) is 0 Å². The van der Waals surface area contributed by atoms with E-state index in [-0.39, 0.29) is 36.0 Å². The zero-order valence-corrected chi connectivity index (χ0v) is 14.5. The lowest BCUT2D eigenvalue weighted by molar-refractivity contribution is -0.196. The van der Waals surface area contributed by atoms with Crippen molar-refractivity contribution in [3.63, 3.8) is 0 Å². The van der Waals surface area contributed by atoms with Gasteiger partial charge in [0, 0.05) is 12.0 Å². The van der Waals surface area contributed by atoms with Crippen LogP contribution in [0.15, 0.2) is 34.7 Å². The second kappa shape index (κ2) is 4.77. The molecule has 4 heterocycles. The molecule has 0 aromatic carbocycles. The first-order valence-electron chi connectivity index (χ1n) is 9.11. The normalized spacial score (nSPS) is 45.1. The van der Waals surface area contributed by atoms with Crippen LogP contribution in [-0.2, 0) is 19.1 Å². The Balaban J connectivity index is 1.62. The van der Waals surface area contributed by atoms with E-state index in [1.165, 1.54) is 0 Å². The molecule has 5 heteroatoms. The molecule has 5 aliphatic rings. The van der Waals surface area contributed by atoms with Gasteiger partial charge in [-0.15, -0.1) is 0 Å². The Hall–Kier alpha value is -2.04. The lowest BCUT2D eigenvalue weighted by Crippen LogP contribution is -2.62. The minimum atomic E-state index is -0.647. The number of carbonyl (C=O) groups is 2. The molecular weight excluding hydrogens is 320 g/mol. The van der Waals surface area contributed by atoms with E-state index in [1.807, 2.05) is 13.0 Å². The van der Waals surface area contributed by atoms with Crippen LogP contribution in [0.3, 0.4) is 0 Å². The van der Waals surface area contributed by atoms with Crippen LogP contribution in [0.1, 0.15) is 51.2 Å². The van der Waals surface area contributed by atoms with Gasteiger partial charge in [-0.3, -0.25) is 9.59 Å². The number of esters is 2. The fraction of sp³-hybridized carbons (Fsp3) is 0.600. The van der Waals surface area contributed by atoms with Gasteiger partial charge in [0.05, 0.1) is 23.4 Å². The predicted octanol–water partition coefficient (Wildman–Crippen LogP) is 3.56. The molecule has 6 atom stereocenters. The molecule has 6 rings (SSSR count). The Kier molecular flexibility index (Phi) is 2.91. The molecule has 5 nitrogen and oxygen atoms in total. The van der Waals surface area contributed by atoms with Crippen molar-refractivity contribution in [3.8, 4) is 0 Å². The van der Waals surface area contributed by atoms with Gasteiger partial charge < -0.3 is 13.9 Å². The van der Waals surface area contributed by atoms with Crippen LogP contribution in [0.4, 0.5) is 0 Å². The van der Waals surface area contributed by atoms with Crippen LogP contribution in [0.5, 0.6) is 0 Å². The van der Waals surface area contributed by atoms with E-state index in [9.17, 15) is 9.59 Å². The Morgan fingerprint density at radius 3 is 2.76 bits per heavy atom. The van der Waals surface area contributed by atoms with Crippen LogP contribution < -0.4 is 0 Å². The topological polar surface area (TPSA) is 65.7 Å². The fourth-order valence-corrected chi connectivity index (χ4v) is 6.00. The molecule has 2 bridgehead atoms. The van der Waals surface area contributed by atoms with Crippen molar-refractivity contribution < 1.29 is 23.5 Å². The third kappa shape index (κ3) is 1.69. The maximum absolute atomic E-state index is 13.2. The summed E-state index contributed by atoms with van der Waals surface area (Å²) in [5, 5.41) is 0. The number of carbonyl (C=O) groups excluding carboxylic acids is 2. The summed E-state index contributed by atoms with van der Waals surface area (Å²) >= 11 is 0. The van der Waals surface area contributed by atoms with Gasteiger partial charge in [-0.05, 0) is 50.2 Å². The Labute approximate surface area is 146 Å². The Morgan fingerprint density at radius 2 is 2.04 bits per heavy atom. The molecule has 1 saturated carbocycles. The average Bonchev–Trinajstić information content (AvgIpc) is 3.20. The van der Waals surface area contributed by atoms with Gasteiger partial charge in [0.1, 0.15) is 12.2 Å². The summed E-state index contributed by atoms with van der Waals surface area (Å²) in [6.07, 6.45) is 7.76. The van der Waals surface area contributed by atoms with E-state index in [1.54, 1.807) is 12.5 Å². The van der Waals surface area contributed by atoms with Gasteiger partial charge in [-0.25, -0.2) is 0 Å². The summed E-state index contributed by atoms with van der Waals surface area (Å²) in [5.41, 5.74) is 0.711. The third-order valence-electron chi connectivity index (χ3n) is 7.37. The highest BCUT2D eigenvalue weighted by Gasteiger charge is 2.70. The number of furan rings is 1. The molecule has 0 N–H and O–H groups in total. The maximum atomic E-state index is 13.2. The molecule has 0 unspecified atom stereocenters. The molecule has 132 valence electrons. The van der Waals surface area contributed by atoms with E-state index in [0.717, 1.165) is 30.4 Å². The monoisotopic (exact) mass is 342 g/mol. The number of hydrogen-bond acceptors (Lipinski definition) is 5. The third-order valence-corrected chi connectivity index (χ3v) is 7.37. The van der Waals surface area contributed by atoms with Crippen LogP contribution in [-0.4, -0.2) is 18.0 Å². The number of fused-ring (bicyclic) bond motifs is 1. The molecular formula is C20H22O5. The van der Waals surface area contributed by atoms with Gasteiger partial charge in [0.2, 0.25) is 0 Å². The maximum Gasteiger partial charge on any atom is 0.317 e. The zero-order chi connectivity index (χ0) is 17.4. The van der Waals surface area contributed by atoms with Crippen molar-refractivity contribution in [2.45, 2.75) is 51.7 Å². The number of cyclic esters (lactones) is 1. The largest absolute Gasteiger partial charge is 0.472 e. The molecule has 0 radical (unpaired) electrons. The highest BCUT2D eigenvalue weighted by molar-refractivity contribution is 5.88. The molecule has 2 aliphatic carbocycles.